The molecular weight excluding hydrogens is 321 g/mol. The van der Waals surface area contributed by atoms with Gasteiger partial charge in [0.2, 0.25) is 0 Å². The first kappa shape index (κ1) is 16.7. The zero-order valence-corrected chi connectivity index (χ0v) is 11.8. The second kappa shape index (κ2) is 6.23. The van der Waals surface area contributed by atoms with E-state index in [1.165, 1.54) is 17.2 Å². The highest BCUT2D eigenvalue weighted by Gasteiger charge is 2.35. The standard InChI is InChI=1S/C13H12F5N5/c1-7(19)2-12(23-21-6-22-23)20-5-8-3-11(15)9(4-10(8)14)13(16,17)18/h2-4,6H,5,19H2,1H3,(H,21,22). The molecule has 0 saturated carbocycles. The summed E-state index contributed by atoms with van der Waals surface area (Å²) in [6.45, 7) is 1.20. The summed E-state index contributed by atoms with van der Waals surface area (Å²) in [5, 5.41) is 6.41. The first-order valence-electron chi connectivity index (χ1n) is 6.30. The van der Waals surface area contributed by atoms with E-state index < -0.39 is 23.4 Å². The first-order chi connectivity index (χ1) is 10.7. The Balaban J connectivity index is 2.32. The number of hydrogen-bond donors (Lipinski definition) is 2. The van der Waals surface area contributed by atoms with Crippen molar-refractivity contribution in [3.63, 3.8) is 0 Å². The number of aromatic amines is 1. The Kier molecular flexibility index (Phi) is 4.52. The smallest absolute Gasteiger partial charge is 0.402 e. The molecule has 0 saturated heterocycles. The molecule has 5 nitrogen and oxygen atoms in total. The zero-order valence-electron chi connectivity index (χ0n) is 11.8. The van der Waals surface area contributed by atoms with Gasteiger partial charge in [0.05, 0.1) is 12.1 Å². The van der Waals surface area contributed by atoms with E-state index in [9.17, 15) is 22.0 Å². The van der Waals surface area contributed by atoms with E-state index in [-0.39, 0.29) is 24.0 Å². The number of alkyl halides is 3. The molecule has 0 radical (unpaired) electrons. The lowest BCUT2D eigenvalue weighted by molar-refractivity contribution is -0.140. The molecule has 0 spiro atoms. The van der Waals surface area contributed by atoms with Crippen LogP contribution in [0.1, 0.15) is 18.1 Å². The van der Waals surface area contributed by atoms with E-state index in [4.69, 9.17) is 5.73 Å². The van der Waals surface area contributed by atoms with Crippen LogP contribution in [0.2, 0.25) is 0 Å². The SMILES string of the molecule is CC(N)=CC(=NCc1cc(F)c(C(F)(F)F)cc1F)n1nc[nH]1. The minimum atomic E-state index is -4.96. The van der Waals surface area contributed by atoms with E-state index in [0.717, 1.165) is 0 Å². The number of aliphatic imine (C=N–C) groups is 1. The highest BCUT2D eigenvalue weighted by molar-refractivity contribution is 5.93. The lowest BCUT2D eigenvalue weighted by Crippen LogP contribution is -2.21. The van der Waals surface area contributed by atoms with Crippen LogP contribution in [0.3, 0.4) is 0 Å². The fraction of sp³-hybridized carbons (Fsp3) is 0.231. The van der Waals surface area contributed by atoms with Crippen LogP contribution >= 0.6 is 0 Å². The molecule has 124 valence electrons. The van der Waals surface area contributed by atoms with Crippen LogP contribution in [0.25, 0.3) is 0 Å². The molecule has 0 atom stereocenters. The van der Waals surface area contributed by atoms with Crippen molar-refractivity contribution in [2.24, 2.45) is 10.7 Å². The fourth-order valence-electron chi connectivity index (χ4n) is 1.71. The predicted molar refractivity (Wildman–Crippen MR) is 72.4 cm³/mol. The summed E-state index contributed by atoms with van der Waals surface area (Å²) < 4.78 is 64.7. The molecule has 0 aliphatic rings. The van der Waals surface area contributed by atoms with Crippen molar-refractivity contribution in [1.82, 2.24) is 15.0 Å². The molecule has 0 bridgehead atoms. The maximum atomic E-state index is 13.7. The average Bonchev–Trinajstić information content (AvgIpc) is 2.35. The second-order valence-electron chi connectivity index (χ2n) is 4.67. The third-order valence-corrected chi connectivity index (χ3v) is 2.78. The summed E-state index contributed by atoms with van der Waals surface area (Å²) in [7, 11) is 0. The number of allylic oxidation sites excluding steroid dienone is 2. The lowest BCUT2D eigenvalue weighted by atomic mass is 10.1. The summed E-state index contributed by atoms with van der Waals surface area (Å²) in [6.07, 6.45) is -2.19. The molecule has 0 amide bonds. The monoisotopic (exact) mass is 333 g/mol. The molecular formula is C13H12F5N5. The number of aromatic nitrogens is 3. The molecule has 1 aromatic carbocycles. The number of nitrogens with two attached hydrogens (primary N) is 1. The van der Waals surface area contributed by atoms with Crippen LogP contribution in [-0.2, 0) is 12.7 Å². The Morgan fingerprint density at radius 1 is 1.35 bits per heavy atom. The lowest BCUT2D eigenvalue weighted by Gasteiger charge is -2.11. The quantitative estimate of drug-likeness (QED) is 0.515. The van der Waals surface area contributed by atoms with Gasteiger partial charge in [-0.25, -0.2) is 8.78 Å². The maximum absolute atomic E-state index is 13.7. The highest BCUT2D eigenvalue weighted by atomic mass is 19.4. The number of rotatable bonds is 3. The molecule has 2 aromatic rings. The van der Waals surface area contributed by atoms with Crippen molar-refractivity contribution in [3.05, 3.63) is 53.0 Å². The number of nitrogens with one attached hydrogen (secondary N) is 1. The molecule has 0 unspecified atom stereocenters. The van der Waals surface area contributed by atoms with Gasteiger partial charge < -0.3 is 5.73 Å². The van der Waals surface area contributed by atoms with Gasteiger partial charge >= 0.3 is 6.18 Å². The molecule has 2 rings (SSSR count). The summed E-state index contributed by atoms with van der Waals surface area (Å²) in [5.74, 6) is -2.56. The van der Waals surface area contributed by atoms with Gasteiger partial charge in [-0.05, 0) is 19.1 Å². The number of H-pyrrole nitrogens is 1. The van der Waals surface area contributed by atoms with Gasteiger partial charge in [-0.2, -0.15) is 18.0 Å². The molecule has 23 heavy (non-hydrogen) atoms. The molecule has 0 aliphatic heterocycles. The van der Waals surface area contributed by atoms with Crippen molar-refractivity contribution in [2.75, 3.05) is 0 Å². The summed E-state index contributed by atoms with van der Waals surface area (Å²) in [4.78, 5) is 5.19. The van der Waals surface area contributed by atoms with E-state index in [1.807, 2.05) is 0 Å². The van der Waals surface area contributed by atoms with Gasteiger partial charge in [0, 0.05) is 17.3 Å². The third-order valence-electron chi connectivity index (χ3n) is 2.78. The molecule has 10 heteroatoms. The highest BCUT2D eigenvalue weighted by Crippen LogP contribution is 2.32. The molecule has 0 aliphatic carbocycles. The Morgan fingerprint density at radius 2 is 2.00 bits per heavy atom. The van der Waals surface area contributed by atoms with Crippen molar-refractivity contribution >= 4 is 5.84 Å². The van der Waals surface area contributed by atoms with Crippen LogP contribution in [0.5, 0.6) is 0 Å². The van der Waals surface area contributed by atoms with Gasteiger partial charge in [0.15, 0.2) is 5.84 Å². The topological polar surface area (TPSA) is 72.0 Å². The molecule has 1 aromatic heterocycles. The second-order valence-corrected chi connectivity index (χ2v) is 4.67. The third kappa shape index (κ3) is 3.96. The Bertz CT molecular complexity index is 740. The van der Waals surface area contributed by atoms with Gasteiger partial charge in [0.25, 0.3) is 0 Å². The van der Waals surface area contributed by atoms with Gasteiger partial charge in [-0.1, -0.05) is 0 Å². The molecule has 0 fully saturated rings. The van der Waals surface area contributed by atoms with Crippen LogP contribution in [0.4, 0.5) is 22.0 Å². The predicted octanol–water partition coefficient (Wildman–Crippen LogP) is 2.82. The Morgan fingerprint density at radius 3 is 2.48 bits per heavy atom. The number of nitrogens with zero attached hydrogens (tertiary/aromatic N) is 3. The van der Waals surface area contributed by atoms with Crippen molar-refractivity contribution in [2.45, 2.75) is 19.6 Å². The van der Waals surface area contributed by atoms with E-state index in [1.54, 1.807) is 6.92 Å². The zero-order chi connectivity index (χ0) is 17.2. The van der Waals surface area contributed by atoms with Crippen molar-refractivity contribution in [3.8, 4) is 0 Å². The van der Waals surface area contributed by atoms with Crippen molar-refractivity contribution < 1.29 is 22.0 Å². The number of hydrogen-bond acceptors (Lipinski definition) is 3. The number of halogens is 5. The van der Waals surface area contributed by atoms with Gasteiger partial charge in [-0.3, -0.25) is 10.1 Å². The average molecular weight is 333 g/mol. The first-order valence-corrected chi connectivity index (χ1v) is 6.30. The van der Waals surface area contributed by atoms with Crippen LogP contribution in [-0.4, -0.2) is 20.8 Å². The van der Waals surface area contributed by atoms with E-state index in [2.05, 4.69) is 15.2 Å². The largest absolute Gasteiger partial charge is 0.419 e. The minimum absolute atomic E-state index is 0.115. The normalized spacial score (nSPS) is 13.7. The molecule has 1 heterocycles. The van der Waals surface area contributed by atoms with Crippen molar-refractivity contribution in [1.29, 1.82) is 0 Å². The minimum Gasteiger partial charge on any atom is -0.402 e. The Hall–Kier alpha value is -2.65. The Labute approximate surface area is 127 Å². The molecule has 3 N–H and O–H groups in total. The summed E-state index contributed by atoms with van der Waals surface area (Å²) in [6, 6.07) is 0.592. The van der Waals surface area contributed by atoms with Crippen LogP contribution in [0.15, 0.2) is 35.2 Å². The fourth-order valence-corrected chi connectivity index (χ4v) is 1.71. The van der Waals surface area contributed by atoms with E-state index >= 15 is 0 Å². The van der Waals surface area contributed by atoms with Gasteiger partial charge in [0.1, 0.15) is 18.0 Å². The van der Waals surface area contributed by atoms with Crippen LogP contribution in [0, 0.1) is 11.6 Å². The van der Waals surface area contributed by atoms with E-state index in [0.29, 0.717) is 11.8 Å². The maximum Gasteiger partial charge on any atom is 0.419 e. The van der Waals surface area contributed by atoms with Gasteiger partial charge in [-0.15, -0.1) is 5.10 Å². The van der Waals surface area contributed by atoms with Crippen LogP contribution < -0.4 is 5.73 Å². The summed E-state index contributed by atoms with van der Waals surface area (Å²) in [5.41, 5.74) is 3.92. The number of benzene rings is 1. The summed E-state index contributed by atoms with van der Waals surface area (Å²) >= 11 is 0.